The van der Waals surface area contributed by atoms with E-state index >= 15 is 0 Å². The van der Waals surface area contributed by atoms with Gasteiger partial charge < -0.3 is 5.32 Å². The van der Waals surface area contributed by atoms with Crippen LogP contribution in [0.1, 0.15) is 12.8 Å². The van der Waals surface area contributed by atoms with E-state index in [4.69, 9.17) is 16.7 Å². The summed E-state index contributed by atoms with van der Waals surface area (Å²) in [6, 6.07) is 2.75. The molecule has 1 aromatic heterocycles. The lowest BCUT2D eigenvalue weighted by molar-refractivity contribution is -0.394. The number of hydrogen-bond acceptors (Lipinski definition) is 8. The van der Waals surface area contributed by atoms with E-state index in [2.05, 4.69) is 15.3 Å². The Morgan fingerprint density at radius 2 is 1.86 bits per heavy atom. The quantitative estimate of drug-likeness (QED) is 0.129. The van der Waals surface area contributed by atoms with Crippen LogP contribution in [0.3, 0.4) is 0 Å². The number of nitro benzene ring substituents is 2. The second-order valence-electron chi connectivity index (χ2n) is 5.42. The van der Waals surface area contributed by atoms with Crippen LogP contribution in [0.4, 0.5) is 17.2 Å². The third-order valence-electron chi connectivity index (χ3n) is 3.42. The number of nitro groups is 2. The van der Waals surface area contributed by atoms with Crippen molar-refractivity contribution < 1.29 is 14.1 Å². The molecular formula is C14H14ClIN6O5S. The number of unbranched alkanes of at least 4 members (excludes halogenated alkanes) is 1. The van der Waals surface area contributed by atoms with E-state index < -0.39 is 30.9 Å². The van der Waals surface area contributed by atoms with E-state index in [1.54, 1.807) is 6.20 Å². The lowest BCUT2D eigenvalue weighted by Gasteiger charge is -2.08. The molecule has 2 rings (SSSR count). The van der Waals surface area contributed by atoms with Gasteiger partial charge in [-0.05, 0) is 52.4 Å². The number of anilines is 1. The second-order valence-corrected chi connectivity index (χ2v) is 9.02. The van der Waals surface area contributed by atoms with Gasteiger partial charge in [0.2, 0.25) is 5.28 Å². The number of non-ortho nitro benzene ring substituents is 2. The van der Waals surface area contributed by atoms with E-state index in [1.165, 1.54) is 5.37 Å². The predicted octanol–water partition coefficient (Wildman–Crippen LogP) is 2.76. The maximum Gasteiger partial charge on any atom is 0.277 e. The van der Waals surface area contributed by atoms with Crippen LogP contribution in [0.25, 0.3) is 0 Å². The van der Waals surface area contributed by atoms with Crippen LogP contribution in [-0.4, -0.2) is 35.9 Å². The summed E-state index contributed by atoms with van der Waals surface area (Å²) in [5.74, 6) is 0.559. The maximum absolute atomic E-state index is 12.7. The Labute approximate surface area is 178 Å². The van der Waals surface area contributed by atoms with Gasteiger partial charge in [-0.25, -0.2) is 9.19 Å². The molecule has 150 valence electrons. The van der Waals surface area contributed by atoms with Crippen LogP contribution in [-0.2, 0) is 9.71 Å². The van der Waals surface area contributed by atoms with Gasteiger partial charge in [-0.3, -0.25) is 25.4 Å². The molecule has 0 radical (unpaired) electrons. The molecule has 1 aromatic carbocycles. The first-order chi connectivity index (χ1) is 13.1. The third kappa shape index (κ3) is 5.95. The van der Waals surface area contributed by atoms with E-state index in [9.17, 15) is 24.4 Å². The summed E-state index contributed by atoms with van der Waals surface area (Å²) in [7, 11) is -3.29. The fourth-order valence-corrected chi connectivity index (χ4v) is 4.00. The maximum atomic E-state index is 12.7. The summed E-state index contributed by atoms with van der Waals surface area (Å²) < 4.78 is 13.5. The average Bonchev–Trinajstić information content (AvgIpc) is 2.63. The fraction of sp³-hybridized carbons (Fsp3) is 0.214. The summed E-state index contributed by atoms with van der Waals surface area (Å²) in [5, 5.41) is 32.1. The highest BCUT2D eigenvalue weighted by Gasteiger charge is 2.19. The molecule has 3 N–H and O–H groups in total. The van der Waals surface area contributed by atoms with E-state index in [0.717, 1.165) is 21.8 Å². The van der Waals surface area contributed by atoms with Crippen molar-refractivity contribution in [2.45, 2.75) is 17.7 Å². The number of aromatic nitrogens is 2. The van der Waals surface area contributed by atoms with Crippen molar-refractivity contribution in [1.82, 2.24) is 9.97 Å². The van der Waals surface area contributed by atoms with Crippen LogP contribution in [0, 0.1) is 23.8 Å². The molecule has 0 spiro atoms. The molecule has 0 amide bonds. The van der Waals surface area contributed by atoms with Gasteiger partial charge in [0.05, 0.1) is 34.1 Å². The van der Waals surface area contributed by atoms with Gasteiger partial charge in [0.15, 0.2) is 0 Å². The first-order valence-corrected chi connectivity index (χ1v) is 10.8. The smallest absolute Gasteiger partial charge is 0.277 e. The molecule has 28 heavy (non-hydrogen) atoms. The normalized spacial score (nSPS) is 12.8. The van der Waals surface area contributed by atoms with Crippen molar-refractivity contribution in [2.24, 2.45) is 5.14 Å². The van der Waals surface area contributed by atoms with E-state index in [-0.39, 0.29) is 10.2 Å². The molecule has 0 aliphatic rings. The van der Waals surface area contributed by atoms with Crippen molar-refractivity contribution in [1.29, 1.82) is 0 Å². The zero-order chi connectivity index (χ0) is 20.9. The van der Waals surface area contributed by atoms with E-state index in [0.29, 0.717) is 25.2 Å². The predicted molar refractivity (Wildman–Crippen MR) is 114 cm³/mol. The van der Waals surface area contributed by atoms with Gasteiger partial charge in [-0.1, -0.05) is 0 Å². The Bertz CT molecular complexity index is 1010. The summed E-state index contributed by atoms with van der Waals surface area (Å²) in [6.07, 6.45) is 2.38. The Hall–Kier alpha value is -2.10. The molecular weight excluding hydrogens is 527 g/mol. The minimum absolute atomic E-state index is 0.103. The Balaban J connectivity index is 2.10. The highest BCUT2D eigenvalue weighted by molar-refractivity contribution is 14.1. The lowest BCUT2D eigenvalue weighted by atomic mass is 10.3. The van der Waals surface area contributed by atoms with Gasteiger partial charge in [0, 0.05) is 24.9 Å². The molecule has 14 heteroatoms. The fourth-order valence-electron chi connectivity index (χ4n) is 2.10. The third-order valence-corrected chi connectivity index (χ3v) is 6.09. The molecule has 11 nitrogen and oxygen atoms in total. The minimum atomic E-state index is -3.29. The van der Waals surface area contributed by atoms with Crippen molar-refractivity contribution >= 4 is 66.5 Å². The number of nitrogens with one attached hydrogen (secondary N) is 1. The Morgan fingerprint density at radius 1 is 1.25 bits per heavy atom. The summed E-state index contributed by atoms with van der Waals surface area (Å²) in [5.41, 5.74) is -1.10. The molecule has 1 unspecified atom stereocenters. The minimum Gasteiger partial charge on any atom is -0.369 e. The molecule has 0 bridgehead atoms. The van der Waals surface area contributed by atoms with Crippen LogP contribution in [0.15, 0.2) is 29.3 Å². The molecule has 2 aromatic rings. The highest BCUT2D eigenvalue weighted by atomic mass is 127. The molecule has 1 heterocycles. The summed E-state index contributed by atoms with van der Waals surface area (Å²) in [4.78, 5) is 28.0. The molecule has 0 saturated heterocycles. The number of rotatable bonds is 8. The lowest BCUT2D eigenvalue weighted by Crippen LogP contribution is -2.17. The average molecular weight is 541 g/mol. The van der Waals surface area contributed by atoms with Crippen LogP contribution >= 0.6 is 34.2 Å². The van der Waals surface area contributed by atoms with Gasteiger partial charge in [-0.15, -0.1) is 0 Å². The topological polar surface area (TPSA) is 167 Å². The SMILES string of the molecule is NS(=O)(=CCCCNc1nc(Cl)ncc1I)c1cc([N+](=O)[O-])cc([N+](=O)[O-])c1. The molecule has 0 saturated carbocycles. The zero-order valence-corrected chi connectivity index (χ0v) is 17.8. The number of benzene rings is 1. The van der Waals surface area contributed by atoms with Gasteiger partial charge in [-0.2, -0.15) is 4.98 Å². The van der Waals surface area contributed by atoms with Gasteiger partial charge in [0.1, 0.15) is 5.82 Å². The highest BCUT2D eigenvalue weighted by Crippen LogP contribution is 2.25. The van der Waals surface area contributed by atoms with E-state index in [1.807, 2.05) is 22.6 Å². The van der Waals surface area contributed by atoms with Crippen LogP contribution in [0.2, 0.25) is 5.28 Å². The largest absolute Gasteiger partial charge is 0.369 e. The first kappa shape index (κ1) is 22.2. The van der Waals surface area contributed by atoms with Crippen molar-refractivity contribution in [2.75, 3.05) is 11.9 Å². The first-order valence-electron chi connectivity index (χ1n) is 7.61. The van der Waals surface area contributed by atoms with Gasteiger partial charge in [0.25, 0.3) is 11.4 Å². The molecule has 0 fully saturated rings. The number of hydrogen-bond donors (Lipinski definition) is 2. The Morgan fingerprint density at radius 3 is 2.43 bits per heavy atom. The van der Waals surface area contributed by atoms with Gasteiger partial charge >= 0.3 is 0 Å². The number of nitrogens with zero attached hydrogens (tertiary/aromatic N) is 4. The zero-order valence-electron chi connectivity index (χ0n) is 14.1. The van der Waals surface area contributed by atoms with Crippen molar-refractivity contribution in [3.8, 4) is 0 Å². The molecule has 1 atom stereocenters. The Kier molecular flexibility index (Phi) is 7.45. The summed E-state index contributed by atoms with van der Waals surface area (Å²) in [6.45, 7) is 0.463. The summed E-state index contributed by atoms with van der Waals surface area (Å²) >= 11 is 7.78. The van der Waals surface area contributed by atoms with Crippen molar-refractivity contribution in [3.05, 3.63) is 53.5 Å². The van der Waals surface area contributed by atoms with Crippen molar-refractivity contribution in [3.63, 3.8) is 0 Å². The van der Waals surface area contributed by atoms with Crippen LogP contribution < -0.4 is 10.5 Å². The number of nitrogens with two attached hydrogens (primary N) is 1. The molecule has 0 aliphatic carbocycles. The second kappa shape index (κ2) is 9.40. The van der Waals surface area contributed by atoms with Crippen LogP contribution in [0.5, 0.6) is 0 Å². The number of halogens is 2. The molecule has 0 aliphatic heterocycles. The monoisotopic (exact) mass is 540 g/mol. The standard InChI is InChI=1S/C14H14ClIN6O5S/c15-14-19-8-12(16)13(20-14)18-3-1-2-4-28(17,27)11-6-9(21(23)24)5-10(7-11)22(25)26/h4-8H,1-3H2,(H2,17,27)(H,18,19,20).